The van der Waals surface area contributed by atoms with Gasteiger partial charge in [0.2, 0.25) is 0 Å². The molecule has 12 aromatic rings. The van der Waals surface area contributed by atoms with E-state index >= 15 is 0 Å². The molecule has 0 aliphatic rings. The van der Waals surface area contributed by atoms with E-state index in [1.54, 1.807) is 0 Å². The van der Waals surface area contributed by atoms with Gasteiger partial charge in [0.1, 0.15) is 22.5 Å². The van der Waals surface area contributed by atoms with Gasteiger partial charge in [0.05, 0.1) is 10.6 Å². The number of hydrogen-bond acceptors (Lipinski definition) is 6. The van der Waals surface area contributed by atoms with Crippen molar-refractivity contribution in [3.8, 4) is 56.8 Å². The third kappa shape index (κ3) is 5.09. The van der Waals surface area contributed by atoms with Crippen LogP contribution < -0.4 is 4.74 Å². The molecule has 0 aliphatic carbocycles. The fourth-order valence-electron chi connectivity index (χ4n) is 8.35. The number of nitrogens with zero attached hydrogens (tertiary/aromatic N) is 3. The lowest BCUT2D eigenvalue weighted by atomic mass is 9.94. The molecule has 0 fully saturated rings. The summed E-state index contributed by atoms with van der Waals surface area (Å²) in [6.07, 6.45) is 0. The standard InChI is InChI=1S/C51H28ClN3O3/c52-40-24-22-31(28-44(40)56-43-25-23-37-34-17-8-7-16-33(34)36-19-11-21-42-45(36)46(37)48(43)58-42)32-26-38-35-18-9-10-20-41(35)57-47(38)39(27-32)51-54-49(29-12-3-1-4-13-29)53-50(55-51)30-14-5-2-6-15-30/h1-28H. The van der Waals surface area contributed by atoms with Crippen LogP contribution in [0.5, 0.6) is 11.5 Å². The van der Waals surface area contributed by atoms with Gasteiger partial charge in [0, 0.05) is 32.7 Å². The van der Waals surface area contributed by atoms with Gasteiger partial charge >= 0.3 is 0 Å². The van der Waals surface area contributed by atoms with Crippen LogP contribution in [0.2, 0.25) is 5.02 Å². The average molecular weight is 766 g/mol. The summed E-state index contributed by atoms with van der Waals surface area (Å²) in [5, 5.41) is 9.17. The highest BCUT2D eigenvalue weighted by Crippen LogP contribution is 2.47. The summed E-state index contributed by atoms with van der Waals surface area (Å²) in [5.74, 6) is 2.73. The average Bonchev–Trinajstić information content (AvgIpc) is 3.87. The number of benzene rings is 9. The molecule has 0 radical (unpaired) electrons. The highest BCUT2D eigenvalue weighted by atomic mass is 35.5. The van der Waals surface area contributed by atoms with Gasteiger partial charge in [-0.3, -0.25) is 0 Å². The molecule has 3 heterocycles. The normalized spacial score (nSPS) is 11.9. The zero-order valence-corrected chi connectivity index (χ0v) is 31.4. The number of halogens is 1. The van der Waals surface area contributed by atoms with Crippen LogP contribution in [0.4, 0.5) is 0 Å². The third-order valence-corrected chi connectivity index (χ3v) is 11.3. The fourth-order valence-corrected chi connectivity index (χ4v) is 8.50. The maximum absolute atomic E-state index is 6.93. The first kappa shape index (κ1) is 32.7. The predicted octanol–water partition coefficient (Wildman–Crippen LogP) is 14.5. The Bertz CT molecular complexity index is 3500. The Morgan fingerprint density at radius 2 is 0.983 bits per heavy atom. The molecule has 0 spiro atoms. The second-order valence-electron chi connectivity index (χ2n) is 14.4. The number of para-hydroxylation sites is 1. The largest absolute Gasteiger partial charge is 0.455 e. The minimum Gasteiger partial charge on any atom is -0.455 e. The minimum absolute atomic E-state index is 0.475. The molecular formula is C51H28ClN3O3. The Hall–Kier alpha value is -7.54. The number of ether oxygens (including phenoxy) is 1. The SMILES string of the molecule is Clc1ccc(-c2cc(-c3nc(-c4ccccc4)nc(-c4ccccc4)n3)c3oc4ccccc4c3c2)cc1Oc1ccc2c3ccccc3c3cccc4oc1c2c43. The first-order valence-electron chi connectivity index (χ1n) is 19.0. The van der Waals surface area contributed by atoms with E-state index in [0.29, 0.717) is 45.2 Å². The first-order valence-corrected chi connectivity index (χ1v) is 19.4. The Labute approximate surface area is 335 Å². The molecule has 0 atom stereocenters. The van der Waals surface area contributed by atoms with Crippen molar-refractivity contribution in [1.82, 2.24) is 15.0 Å². The van der Waals surface area contributed by atoms with Gasteiger partial charge in [0.25, 0.3) is 0 Å². The molecule has 0 unspecified atom stereocenters. The molecule has 3 aromatic heterocycles. The third-order valence-electron chi connectivity index (χ3n) is 11.0. The number of hydrogen-bond donors (Lipinski definition) is 0. The number of furan rings is 2. The second kappa shape index (κ2) is 12.7. The number of rotatable bonds is 6. The quantitative estimate of drug-likeness (QED) is 0.157. The van der Waals surface area contributed by atoms with Crippen molar-refractivity contribution in [3.05, 3.63) is 175 Å². The zero-order valence-electron chi connectivity index (χ0n) is 30.6. The number of aromatic nitrogens is 3. The van der Waals surface area contributed by atoms with Crippen molar-refractivity contribution in [3.63, 3.8) is 0 Å². The minimum atomic E-state index is 0.475. The van der Waals surface area contributed by atoms with Crippen molar-refractivity contribution < 1.29 is 13.6 Å². The van der Waals surface area contributed by atoms with Gasteiger partial charge in [-0.1, -0.05) is 133 Å². The van der Waals surface area contributed by atoms with E-state index in [1.165, 1.54) is 10.8 Å². The van der Waals surface area contributed by atoms with Crippen LogP contribution in [0.15, 0.2) is 179 Å². The first-order chi connectivity index (χ1) is 28.6. The van der Waals surface area contributed by atoms with E-state index in [0.717, 1.165) is 71.3 Å². The van der Waals surface area contributed by atoms with Gasteiger partial charge in [-0.15, -0.1) is 0 Å². The van der Waals surface area contributed by atoms with Crippen LogP contribution >= 0.6 is 11.6 Å². The van der Waals surface area contributed by atoms with Crippen LogP contribution in [-0.4, -0.2) is 15.0 Å². The van der Waals surface area contributed by atoms with Gasteiger partial charge < -0.3 is 13.6 Å². The van der Waals surface area contributed by atoms with Gasteiger partial charge in [-0.05, 0) is 81.2 Å². The van der Waals surface area contributed by atoms with E-state index in [9.17, 15) is 0 Å². The smallest absolute Gasteiger partial charge is 0.178 e. The van der Waals surface area contributed by atoms with E-state index in [4.69, 9.17) is 40.1 Å². The Balaban J connectivity index is 1.04. The van der Waals surface area contributed by atoms with Crippen molar-refractivity contribution >= 4 is 77.0 Å². The molecular weight excluding hydrogens is 738 g/mol. The summed E-state index contributed by atoms with van der Waals surface area (Å²) in [6, 6.07) is 56.8. The zero-order chi connectivity index (χ0) is 38.3. The molecule has 0 saturated heterocycles. The molecule has 0 saturated carbocycles. The summed E-state index contributed by atoms with van der Waals surface area (Å²) in [6.45, 7) is 0. The highest BCUT2D eigenvalue weighted by molar-refractivity contribution is 6.34. The van der Waals surface area contributed by atoms with Crippen LogP contribution in [0.1, 0.15) is 0 Å². The van der Waals surface area contributed by atoms with Crippen LogP contribution in [0.3, 0.4) is 0 Å². The molecule has 6 nitrogen and oxygen atoms in total. The summed E-state index contributed by atoms with van der Waals surface area (Å²) in [4.78, 5) is 15.1. The second-order valence-corrected chi connectivity index (χ2v) is 14.8. The molecule has 9 aromatic carbocycles. The summed E-state index contributed by atoms with van der Waals surface area (Å²) in [7, 11) is 0. The maximum Gasteiger partial charge on any atom is 0.178 e. The lowest BCUT2D eigenvalue weighted by Crippen LogP contribution is -2.00. The molecule has 0 N–H and O–H groups in total. The Morgan fingerprint density at radius 1 is 0.379 bits per heavy atom. The molecule has 272 valence electrons. The maximum atomic E-state index is 6.93. The van der Waals surface area contributed by atoms with Crippen LogP contribution in [0, 0.1) is 0 Å². The van der Waals surface area contributed by atoms with E-state index < -0.39 is 0 Å². The van der Waals surface area contributed by atoms with E-state index in [-0.39, 0.29) is 0 Å². The van der Waals surface area contributed by atoms with Crippen molar-refractivity contribution in [2.45, 2.75) is 0 Å². The van der Waals surface area contributed by atoms with Crippen molar-refractivity contribution in [2.24, 2.45) is 0 Å². The fraction of sp³-hybridized carbons (Fsp3) is 0. The van der Waals surface area contributed by atoms with Gasteiger partial charge in [0.15, 0.2) is 28.8 Å². The molecule has 0 amide bonds. The van der Waals surface area contributed by atoms with Gasteiger partial charge in [-0.25, -0.2) is 15.0 Å². The van der Waals surface area contributed by atoms with Crippen LogP contribution in [-0.2, 0) is 0 Å². The molecule has 0 bridgehead atoms. The summed E-state index contributed by atoms with van der Waals surface area (Å²) < 4.78 is 19.9. The molecule has 58 heavy (non-hydrogen) atoms. The topological polar surface area (TPSA) is 74.2 Å². The number of fused-ring (bicyclic) bond motifs is 6. The van der Waals surface area contributed by atoms with Gasteiger partial charge in [-0.2, -0.15) is 0 Å². The van der Waals surface area contributed by atoms with Crippen LogP contribution in [0.25, 0.3) is 111 Å². The lowest BCUT2D eigenvalue weighted by Gasteiger charge is -2.13. The summed E-state index contributed by atoms with van der Waals surface area (Å²) >= 11 is 6.93. The Kier molecular flexibility index (Phi) is 7.18. The monoisotopic (exact) mass is 765 g/mol. The van der Waals surface area contributed by atoms with E-state index in [2.05, 4.69) is 54.6 Å². The molecule has 0 aliphatic heterocycles. The highest BCUT2D eigenvalue weighted by Gasteiger charge is 2.23. The molecule has 7 heteroatoms. The summed E-state index contributed by atoms with van der Waals surface area (Å²) in [5.41, 5.74) is 7.28. The lowest BCUT2D eigenvalue weighted by molar-refractivity contribution is 0.477. The predicted molar refractivity (Wildman–Crippen MR) is 234 cm³/mol. The Morgan fingerprint density at radius 3 is 1.72 bits per heavy atom. The molecule has 12 rings (SSSR count). The van der Waals surface area contributed by atoms with Crippen molar-refractivity contribution in [2.75, 3.05) is 0 Å². The van der Waals surface area contributed by atoms with E-state index in [1.807, 2.05) is 115 Å². The van der Waals surface area contributed by atoms with Crippen molar-refractivity contribution in [1.29, 1.82) is 0 Å².